The van der Waals surface area contributed by atoms with E-state index in [1.165, 1.54) is 6.92 Å². The second-order valence-electron chi connectivity index (χ2n) is 6.41. The standard InChI is InChI=1S/C15H22N6O/c1-10(22)17-13-7-12-11(8-16-13)14(19-18-12)21-6-5-15(2,9-21)20(3)4/h7-8H,5-6,9H2,1-4H3,(H,18,19)(H,16,17,22). The molecule has 0 spiro atoms. The molecule has 7 heteroatoms. The van der Waals surface area contributed by atoms with E-state index in [0.717, 1.165) is 36.2 Å². The molecule has 2 aromatic heterocycles. The lowest BCUT2D eigenvalue weighted by molar-refractivity contribution is -0.114. The van der Waals surface area contributed by atoms with Crippen LogP contribution in [0.25, 0.3) is 10.9 Å². The first-order chi connectivity index (χ1) is 10.4. The maximum Gasteiger partial charge on any atom is 0.222 e. The largest absolute Gasteiger partial charge is 0.353 e. The third-order valence-corrected chi connectivity index (χ3v) is 4.56. The lowest BCUT2D eigenvalue weighted by Crippen LogP contribution is -2.43. The highest BCUT2D eigenvalue weighted by Gasteiger charge is 2.36. The predicted molar refractivity (Wildman–Crippen MR) is 87.1 cm³/mol. The number of pyridine rings is 1. The summed E-state index contributed by atoms with van der Waals surface area (Å²) < 4.78 is 0. The zero-order chi connectivity index (χ0) is 15.9. The molecule has 2 N–H and O–H groups in total. The molecule has 0 radical (unpaired) electrons. The summed E-state index contributed by atoms with van der Waals surface area (Å²) in [7, 11) is 4.24. The molecule has 0 aromatic carbocycles. The first-order valence-corrected chi connectivity index (χ1v) is 7.43. The molecule has 7 nitrogen and oxygen atoms in total. The molecule has 1 aliphatic heterocycles. The van der Waals surface area contributed by atoms with Gasteiger partial charge in [0.05, 0.1) is 10.9 Å². The number of amides is 1. The van der Waals surface area contributed by atoms with Gasteiger partial charge in [-0.15, -0.1) is 0 Å². The van der Waals surface area contributed by atoms with Crippen molar-refractivity contribution in [3.63, 3.8) is 0 Å². The molecule has 1 aliphatic rings. The van der Waals surface area contributed by atoms with Gasteiger partial charge in [0.25, 0.3) is 0 Å². The van der Waals surface area contributed by atoms with Gasteiger partial charge in [-0.25, -0.2) is 4.98 Å². The monoisotopic (exact) mass is 302 g/mol. The summed E-state index contributed by atoms with van der Waals surface area (Å²) in [6.45, 7) is 5.65. The van der Waals surface area contributed by atoms with Gasteiger partial charge in [-0.05, 0) is 27.4 Å². The minimum atomic E-state index is -0.132. The molecule has 0 saturated carbocycles. The highest BCUT2D eigenvalue weighted by atomic mass is 16.1. The number of carbonyl (C=O) groups excluding carboxylic acids is 1. The molecule has 1 amide bonds. The van der Waals surface area contributed by atoms with E-state index >= 15 is 0 Å². The van der Waals surface area contributed by atoms with Crippen molar-refractivity contribution in [1.82, 2.24) is 20.1 Å². The minimum absolute atomic E-state index is 0.132. The van der Waals surface area contributed by atoms with Gasteiger partial charge in [-0.2, -0.15) is 5.10 Å². The van der Waals surface area contributed by atoms with Gasteiger partial charge in [0.1, 0.15) is 5.82 Å². The molecule has 1 fully saturated rings. The Kier molecular flexibility index (Phi) is 3.52. The van der Waals surface area contributed by atoms with Crippen molar-refractivity contribution in [2.24, 2.45) is 0 Å². The number of hydrogen-bond donors (Lipinski definition) is 2. The maximum atomic E-state index is 11.1. The molecule has 1 atom stereocenters. The molecule has 3 rings (SSSR count). The number of carbonyl (C=O) groups is 1. The van der Waals surface area contributed by atoms with Crippen LogP contribution in [0, 0.1) is 0 Å². The van der Waals surface area contributed by atoms with Crippen molar-refractivity contribution in [1.29, 1.82) is 0 Å². The van der Waals surface area contributed by atoms with Gasteiger partial charge in [0.2, 0.25) is 5.91 Å². The number of likely N-dealkylation sites (N-methyl/N-ethyl adjacent to an activating group) is 1. The Morgan fingerprint density at radius 3 is 2.91 bits per heavy atom. The van der Waals surface area contributed by atoms with E-state index in [1.54, 1.807) is 6.20 Å². The molecule has 118 valence electrons. The average molecular weight is 302 g/mol. The highest BCUT2D eigenvalue weighted by Crippen LogP contribution is 2.32. The van der Waals surface area contributed by atoms with Crippen molar-refractivity contribution >= 4 is 28.4 Å². The molecule has 22 heavy (non-hydrogen) atoms. The van der Waals surface area contributed by atoms with Crippen LogP contribution in [-0.2, 0) is 4.79 Å². The number of anilines is 2. The van der Waals surface area contributed by atoms with Crippen LogP contribution in [0.3, 0.4) is 0 Å². The lowest BCUT2D eigenvalue weighted by Gasteiger charge is -2.32. The Morgan fingerprint density at radius 2 is 2.27 bits per heavy atom. The number of rotatable bonds is 3. The SMILES string of the molecule is CC(=O)Nc1cc2[nH]nc(N3CCC(C)(N(C)C)C3)c2cn1. The number of aromatic amines is 1. The predicted octanol–water partition coefficient (Wildman–Crippen LogP) is 1.45. The molecular formula is C15H22N6O. The number of nitrogens with zero attached hydrogens (tertiary/aromatic N) is 4. The molecule has 2 aromatic rings. The van der Waals surface area contributed by atoms with E-state index in [0.29, 0.717) is 5.82 Å². The number of fused-ring (bicyclic) bond motifs is 1. The first kappa shape index (κ1) is 14.8. The summed E-state index contributed by atoms with van der Waals surface area (Å²) >= 11 is 0. The zero-order valence-electron chi connectivity index (χ0n) is 13.5. The van der Waals surface area contributed by atoms with Crippen LogP contribution in [0.4, 0.5) is 11.6 Å². The number of nitrogens with one attached hydrogen (secondary N) is 2. The van der Waals surface area contributed by atoms with Crippen LogP contribution in [0.15, 0.2) is 12.3 Å². The molecule has 0 bridgehead atoms. The summed E-state index contributed by atoms with van der Waals surface area (Å²) in [6, 6.07) is 1.81. The van der Waals surface area contributed by atoms with Crippen LogP contribution in [0.1, 0.15) is 20.3 Å². The normalized spacial score (nSPS) is 21.8. The summed E-state index contributed by atoms with van der Waals surface area (Å²) in [5.74, 6) is 1.34. The van der Waals surface area contributed by atoms with Crippen molar-refractivity contribution in [3.8, 4) is 0 Å². The highest BCUT2D eigenvalue weighted by molar-refractivity contribution is 5.94. The van der Waals surface area contributed by atoms with Crippen molar-refractivity contribution in [3.05, 3.63) is 12.3 Å². The zero-order valence-corrected chi connectivity index (χ0v) is 13.5. The Hall–Kier alpha value is -2.15. The maximum absolute atomic E-state index is 11.1. The summed E-state index contributed by atoms with van der Waals surface area (Å²) in [5.41, 5.74) is 1.04. The molecule has 1 unspecified atom stereocenters. The first-order valence-electron chi connectivity index (χ1n) is 7.43. The van der Waals surface area contributed by atoms with Crippen molar-refractivity contribution in [2.45, 2.75) is 25.8 Å². The van der Waals surface area contributed by atoms with Crippen LogP contribution in [-0.4, -0.2) is 58.7 Å². The second kappa shape index (κ2) is 5.24. The molecular weight excluding hydrogens is 280 g/mol. The third-order valence-electron chi connectivity index (χ3n) is 4.56. The van der Waals surface area contributed by atoms with Gasteiger partial charge < -0.3 is 15.1 Å². The average Bonchev–Trinajstić information content (AvgIpc) is 3.02. The van der Waals surface area contributed by atoms with Crippen LogP contribution in [0.2, 0.25) is 0 Å². The van der Waals surface area contributed by atoms with E-state index in [-0.39, 0.29) is 11.4 Å². The Morgan fingerprint density at radius 1 is 1.50 bits per heavy atom. The Bertz CT molecular complexity index is 709. The Balaban J connectivity index is 1.88. The smallest absolute Gasteiger partial charge is 0.222 e. The number of hydrogen-bond acceptors (Lipinski definition) is 5. The van der Waals surface area contributed by atoms with Crippen molar-refractivity contribution < 1.29 is 4.79 Å². The number of H-pyrrole nitrogens is 1. The van der Waals surface area contributed by atoms with Gasteiger partial charge in [0.15, 0.2) is 5.82 Å². The summed E-state index contributed by atoms with van der Waals surface area (Å²) in [6.07, 6.45) is 2.87. The summed E-state index contributed by atoms with van der Waals surface area (Å²) in [4.78, 5) is 20.0. The van der Waals surface area contributed by atoms with Gasteiger partial charge in [-0.3, -0.25) is 9.89 Å². The third kappa shape index (κ3) is 2.52. The topological polar surface area (TPSA) is 77.2 Å². The second-order valence-corrected chi connectivity index (χ2v) is 6.41. The van der Waals surface area contributed by atoms with E-state index < -0.39 is 0 Å². The lowest BCUT2D eigenvalue weighted by atomic mass is 10.0. The molecule has 1 saturated heterocycles. The van der Waals surface area contributed by atoms with Crippen LogP contribution < -0.4 is 10.2 Å². The van der Waals surface area contributed by atoms with E-state index in [1.807, 2.05) is 6.07 Å². The Labute approximate surface area is 129 Å². The van der Waals surface area contributed by atoms with E-state index in [4.69, 9.17) is 0 Å². The quantitative estimate of drug-likeness (QED) is 0.897. The van der Waals surface area contributed by atoms with E-state index in [9.17, 15) is 4.79 Å². The van der Waals surface area contributed by atoms with E-state index in [2.05, 4.69) is 51.3 Å². The van der Waals surface area contributed by atoms with Crippen LogP contribution in [0.5, 0.6) is 0 Å². The molecule has 0 aliphatic carbocycles. The van der Waals surface area contributed by atoms with Gasteiger partial charge >= 0.3 is 0 Å². The fraction of sp³-hybridized carbons (Fsp3) is 0.533. The fourth-order valence-corrected chi connectivity index (χ4v) is 2.88. The minimum Gasteiger partial charge on any atom is -0.353 e. The van der Waals surface area contributed by atoms with Gasteiger partial charge in [0, 0.05) is 37.8 Å². The van der Waals surface area contributed by atoms with Crippen LogP contribution >= 0.6 is 0 Å². The number of aromatic nitrogens is 3. The molecule has 3 heterocycles. The summed E-state index contributed by atoms with van der Waals surface area (Å²) in [5, 5.41) is 11.2. The fourth-order valence-electron chi connectivity index (χ4n) is 2.88. The van der Waals surface area contributed by atoms with Crippen molar-refractivity contribution in [2.75, 3.05) is 37.4 Å². The van der Waals surface area contributed by atoms with Gasteiger partial charge in [-0.1, -0.05) is 0 Å².